The lowest BCUT2D eigenvalue weighted by molar-refractivity contribution is -0.147. The molecule has 90 valence electrons. The largest absolute Gasteiger partial charge is 0.478 e. The van der Waals surface area contributed by atoms with E-state index in [1.165, 1.54) is 6.92 Å². The molecule has 4 heteroatoms. The first kappa shape index (κ1) is 11.6. The lowest BCUT2D eigenvalue weighted by Gasteiger charge is -2.25. The molecule has 0 bridgehead atoms. The van der Waals surface area contributed by atoms with Gasteiger partial charge in [0.15, 0.2) is 0 Å². The van der Waals surface area contributed by atoms with E-state index in [1.807, 2.05) is 0 Å². The molecule has 0 spiro atoms. The molecule has 0 amide bonds. The van der Waals surface area contributed by atoms with Crippen molar-refractivity contribution < 1.29 is 19.4 Å². The molecule has 2 rings (SSSR count). The molecule has 1 N–H and O–H groups in total. The second kappa shape index (κ2) is 4.57. The minimum absolute atomic E-state index is 0.223. The van der Waals surface area contributed by atoms with E-state index in [1.54, 1.807) is 18.2 Å². The van der Waals surface area contributed by atoms with Crippen LogP contribution in [0.3, 0.4) is 0 Å². The highest BCUT2D eigenvalue weighted by Crippen LogP contribution is 2.33. The van der Waals surface area contributed by atoms with E-state index in [0.29, 0.717) is 0 Å². The number of ether oxygens (including phenoxy) is 1. The summed E-state index contributed by atoms with van der Waals surface area (Å²) in [5.74, 6) is -1.23. The number of rotatable bonds is 2. The van der Waals surface area contributed by atoms with Crippen LogP contribution >= 0.6 is 0 Å². The Balaban J connectivity index is 2.33. The van der Waals surface area contributed by atoms with Gasteiger partial charge in [0.25, 0.3) is 0 Å². The van der Waals surface area contributed by atoms with Gasteiger partial charge in [-0.15, -0.1) is 0 Å². The van der Waals surface area contributed by atoms with E-state index in [0.717, 1.165) is 30.4 Å². The monoisotopic (exact) mass is 234 g/mol. The number of hydrogen-bond donors (Lipinski definition) is 1. The van der Waals surface area contributed by atoms with Crippen molar-refractivity contribution in [2.24, 2.45) is 0 Å². The summed E-state index contributed by atoms with van der Waals surface area (Å²) >= 11 is 0. The molecule has 0 fully saturated rings. The zero-order valence-electron chi connectivity index (χ0n) is 9.60. The number of aryl methyl sites for hydroxylation is 1. The Morgan fingerprint density at radius 1 is 1.41 bits per heavy atom. The zero-order valence-corrected chi connectivity index (χ0v) is 9.60. The van der Waals surface area contributed by atoms with E-state index in [2.05, 4.69) is 0 Å². The van der Waals surface area contributed by atoms with Gasteiger partial charge in [0.05, 0.1) is 5.56 Å². The summed E-state index contributed by atoms with van der Waals surface area (Å²) in [4.78, 5) is 21.8. The lowest BCUT2D eigenvalue weighted by atomic mass is 9.88. The Morgan fingerprint density at radius 3 is 2.82 bits per heavy atom. The van der Waals surface area contributed by atoms with Crippen molar-refractivity contribution in [2.75, 3.05) is 0 Å². The molecule has 1 unspecified atom stereocenters. The minimum Gasteiger partial charge on any atom is -0.478 e. The van der Waals surface area contributed by atoms with Crippen LogP contribution in [0.15, 0.2) is 18.2 Å². The van der Waals surface area contributed by atoms with E-state index in [4.69, 9.17) is 9.84 Å². The van der Waals surface area contributed by atoms with E-state index in [-0.39, 0.29) is 17.6 Å². The van der Waals surface area contributed by atoms with Gasteiger partial charge in [-0.05, 0) is 42.5 Å². The third-order valence-corrected chi connectivity index (χ3v) is 2.96. The van der Waals surface area contributed by atoms with E-state index < -0.39 is 5.97 Å². The van der Waals surface area contributed by atoms with Crippen LogP contribution in [-0.4, -0.2) is 17.0 Å². The molecular formula is C13H14O4. The molecule has 17 heavy (non-hydrogen) atoms. The topological polar surface area (TPSA) is 63.6 Å². The molecule has 0 saturated carbocycles. The Bertz CT molecular complexity index is 464. The molecule has 4 nitrogen and oxygen atoms in total. The fourth-order valence-corrected chi connectivity index (χ4v) is 2.23. The van der Waals surface area contributed by atoms with Crippen molar-refractivity contribution in [3.05, 3.63) is 34.9 Å². The smallest absolute Gasteiger partial charge is 0.335 e. The van der Waals surface area contributed by atoms with Crippen molar-refractivity contribution in [3.8, 4) is 0 Å². The van der Waals surface area contributed by atoms with Crippen molar-refractivity contribution in [1.82, 2.24) is 0 Å². The maximum atomic E-state index is 11.0. The molecule has 0 aromatic heterocycles. The fourth-order valence-electron chi connectivity index (χ4n) is 2.23. The van der Waals surface area contributed by atoms with Gasteiger partial charge in [0.2, 0.25) is 0 Å². The van der Waals surface area contributed by atoms with Gasteiger partial charge in [-0.3, -0.25) is 4.79 Å². The zero-order chi connectivity index (χ0) is 12.4. The Kier molecular flexibility index (Phi) is 3.13. The Hall–Kier alpha value is -1.84. The summed E-state index contributed by atoms with van der Waals surface area (Å²) in [5, 5.41) is 8.91. The quantitative estimate of drug-likeness (QED) is 0.797. The molecule has 1 aliphatic rings. The number of carboxylic acid groups (broad SMARTS) is 1. The molecule has 0 aliphatic heterocycles. The standard InChI is InChI=1S/C13H14O4/c1-8(14)17-12-4-2-3-9-7-10(13(15)16)5-6-11(9)12/h5-7,12H,2-4H2,1H3,(H,15,16). The number of hydrogen-bond acceptors (Lipinski definition) is 3. The number of carboxylic acids is 1. The van der Waals surface area contributed by atoms with E-state index in [9.17, 15) is 9.59 Å². The number of carbonyl (C=O) groups is 2. The third kappa shape index (κ3) is 2.46. The summed E-state index contributed by atoms with van der Waals surface area (Å²) in [6, 6.07) is 4.99. The van der Waals surface area contributed by atoms with Crippen LogP contribution < -0.4 is 0 Å². The second-order valence-corrected chi connectivity index (χ2v) is 4.21. The van der Waals surface area contributed by atoms with Gasteiger partial charge in [-0.1, -0.05) is 6.07 Å². The first-order chi connectivity index (χ1) is 8.08. The van der Waals surface area contributed by atoms with Crippen molar-refractivity contribution in [2.45, 2.75) is 32.3 Å². The first-order valence-electron chi connectivity index (χ1n) is 5.61. The summed E-state index contributed by atoms with van der Waals surface area (Å²) in [6.07, 6.45) is 2.33. The van der Waals surface area contributed by atoms with Crippen LogP contribution in [-0.2, 0) is 16.0 Å². The van der Waals surface area contributed by atoms with Crippen LogP contribution in [0.4, 0.5) is 0 Å². The minimum atomic E-state index is -0.928. The van der Waals surface area contributed by atoms with Gasteiger partial charge in [0.1, 0.15) is 6.10 Å². The molecule has 0 saturated heterocycles. The van der Waals surface area contributed by atoms with Gasteiger partial charge >= 0.3 is 11.9 Å². The number of benzene rings is 1. The van der Waals surface area contributed by atoms with Gasteiger partial charge in [-0.25, -0.2) is 4.79 Å². The Labute approximate surface area is 99.2 Å². The van der Waals surface area contributed by atoms with Crippen LogP contribution in [0, 0.1) is 0 Å². The third-order valence-electron chi connectivity index (χ3n) is 2.96. The van der Waals surface area contributed by atoms with Crippen molar-refractivity contribution in [1.29, 1.82) is 0 Å². The second-order valence-electron chi connectivity index (χ2n) is 4.21. The summed E-state index contributed by atoms with van der Waals surface area (Å²) in [5.41, 5.74) is 2.20. The van der Waals surface area contributed by atoms with Crippen LogP contribution in [0.1, 0.15) is 47.4 Å². The maximum absolute atomic E-state index is 11.0. The number of esters is 1. The molecule has 0 heterocycles. The highest BCUT2D eigenvalue weighted by Gasteiger charge is 2.23. The summed E-state index contributed by atoms with van der Waals surface area (Å²) in [7, 11) is 0. The van der Waals surface area contributed by atoms with Gasteiger partial charge < -0.3 is 9.84 Å². The highest BCUT2D eigenvalue weighted by atomic mass is 16.5. The van der Waals surface area contributed by atoms with Crippen LogP contribution in [0.5, 0.6) is 0 Å². The van der Waals surface area contributed by atoms with Gasteiger partial charge in [-0.2, -0.15) is 0 Å². The lowest BCUT2D eigenvalue weighted by Crippen LogP contribution is -2.16. The molecular weight excluding hydrogens is 220 g/mol. The molecule has 1 aliphatic carbocycles. The molecule has 1 aromatic carbocycles. The predicted octanol–water partition coefficient (Wildman–Crippen LogP) is 2.33. The number of fused-ring (bicyclic) bond motifs is 1. The van der Waals surface area contributed by atoms with Crippen LogP contribution in [0.2, 0.25) is 0 Å². The fraction of sp³-hybridized carbons (Fsp3) is 0.385. The first-order valence-corrected chi connectivity index (χ1v) is 5.61. The maximum Gasteiger partial charge on any atom is 0.335 e. The number of carbonyl (C=O) groups excluding carboxylic acids is 1. The van der Waals surface area contributed by atoms with Crippen LogP contribution in [0.25, 0.3) is 0 Å². The molecule has 1 aromatic rings. The predicted molar refractivity (Wildman–Crippen MR) is 60.8 cm³/mol. The number of aromatic carboxylic acids is 1. The average molecular weight is 234 g/mol. The molecule has 0 radical (unpaired) electrons. The van der Waals surface area contributed by atoms with Crippen molar-refractivity contribution >= 4 is 11.9 Å². The van der Waals surface area contributed by atoms with Gasteiger partial charge in [0, 0.05) is 6.92 Å². The summed E-state index contributed by atoms with van der Waals surface area (Å²) in [6.45, 7) is 1.39. The highest BCUT2D eigenvalue weighted by molar-refractivity contribution is 5.88. The normalized spacial score (nSPS) is 18.3. The van der Waals surface area contributed by atoms with E-state index >= 15 is 0 Å². The summed E-state index contributed by atoms with van der Waals surface area (Å²) < 4.78 is 5.23. The van der Waals surface area contributed by atoms with Crippen molar-refractivity contribution in [3.63, 3.8) is 0 Å². The molecule has 1 atom stereocenters. The Morgan fingerprint density at radius 2 is 2.18 bits per heavy atom. The average Bonchev–Trinajstić information content (AvgIpc) is 2.28. The SMILES string of the molecule is CC(=O)OC1CCCc2cc(C(=O)O)ccc21.